The molecule has 33 heavy (non-hydrogen) atoms. The summed E-state index contributed by atoms with van der Waals surface area (Å²) in [6.45, 7) is 3.77. The molecule has 174 valence electrons. The number of carbonyl (C=O) groups is 1. The van der Waals surface area contributed by atoms with Crippen molar-refractivity contribution in [3.05, 3.63) is 52.4 Å². The third-order valence-corrected chi connectivity index (χ3v) is 4.88. The van der Waals surface area contributed by atoms with Crippen molar-refractivity contribution in [3.63, 3.8) is 0 Å². The Kier molecular flexibility index (Phi) is 5.92. The van der Waals surface area contributed by atoms with E-state index in [9.17, 15) is 22.8 Å². The van der Waals surface area contributed by atoms with Crippen molar-refractivity contribution in [1.29, 1.82) is 0 Å². The molecule has 0 unspecified atom stereocenters. The van der Waals surface area contributed by atoms with Crippen molar-refractivity contribution in [2.24, 2.45) is 0 Å². The van der Waals surface area contributed by atoms with Crippen LogP contribution < -0.4 is 19.6 Å². The summed E-state index contributed by atoms with van der Waals surface area (Å²) in [5.41, 5.74) is -1.86. The van der Waals surface area contributed by atoms with Gasteiger partial charge in [0.2, 0.25) is 11.2 Å². The van der Waals surface area contributed by atoms with Crippen LogP contribution in [-0.2, 0) is 15.7 Å². The van der Waals surface area contributed by atoms with E-state index in [0.29, 0.717) is 12.4 Å². The maximum Gasteiger partial charge on any atom is 0.450 e. The second-order valence-corrected chi connectivity index (χ2v) is 7.16. The van der Waals surface area contributed by atoms with Gasteiger partial charge in [0.05, 0.1) is 17.6 Å². The molecule has 0 saturated carbocycles. The summed E-state index contributed by atoms with van der Waals surface area (Å²) >= 11 is 0. The zero-order valence-corrected chi connectivity index (χ0v) is 17.7. The zero-order chi connectivity index (χ0) is 23.8. The van der Waals surface area contributed by atoms with Gasteiger partial charge in [-0.05, 0) is 43.7 Å². The van der Waals surface area contributed by atoms with Crippen LogP contribution >= 0.6 is 0 Å². The monoisotopic (exact) mass is 464 g/mol. The molecule has 1 aliphatic heterocycles. The van der Waals surface area contributed by atoms with Crippen molar-refractivity contribution in [3.8, 4) is 28.4 Å². The van der Waals surface area contributed by atoms with Gasteiger partial charge < -0.3 is 23.4 Å². The average Bonchev–Trinajstić information content (AvgIpc) is 2.78. The minimum absolute atomic E-state index is 0.0153. The van der Waals surface area contributed by atoms with Crippen LogP contribution in [0.3, 0.4) is 0 Å². The van der Waals surface area contributed by atoms with Crippen LogP contribution in [0.5, 0.6) is 17.2 Å². The van der Waals surface area contributed by atoms with Gasteiger partial charge >= 0.3 is 12.1 Å². The maximum absolute atomic E-state index is 13.9. The van der Waals surface area contributed by atoms with Gasteiger partial charge in [-0.3, -0.25) is 4.79 Å². The molecule has 3 aromatic rings. The molecule has 4 rings (SSSR count). The number of halogens is 3. The van der Waals surface area contributed by atoms with Gasteiger partial charge in [0.15, 0.2) is 17.6 Å². The summed E-state index contributed by atoms with van der Waals surface area (Å²) in [7, 11) is 0. The summed E-state index contributed by atoms with van der Waals surface area (Å²) in [4.78, 5) is 24.9. The SMILES string of the molecule is CCOC(=O)[C@H](C)Oc1ccc2c(=O)c(-c3ccc4c(c3)OCCO4)c(C(F)(F)F)oc2c1. The van der Waals surface area contributed by atoms with Gasteiger partial charge in [0.25, 0.3) is 0 Å². The zero-order valence-electron chi connectivity index (χ0n) is 17.7. The van der Waals surface area contributed by atoms with Crippen molar-refractivity contribution in [1.82, 2.24) is 0 Å². The van der Waals surface area contributed by atoms with Crippen LogP contribution in [0.15, 0.2) is 45.6 Å². The lowest BCUT2D eigenvalue weighted by atomic mass is 10.0. The first kappa shape index (κ1) is 22.5. The number of benzene rings is 2. The Balaban J connectivity index is 1.82. The van der Waals surface area contributed by atoms with Gasteiger partial charge in [0.1, 0.15) is 24.5 Å². The molecule has 2 aromatic carbocycles. The minimum atomic E-state index is -4.95. The van der Waals surface area contributed by atoms with E-state index in [0.717, 1.165) is 6.07 Å². The topological polar surface area (TPSA) is 84.2 Å². The lowest BCUT2D eigenvalue weighted by Gasteiger charge is -2.19. The normalized spacial score (nSPS) is 14.1. The van der Waals surface area contributed by atoms with E-state index >= 15 is 0 Å². The number of esters is 1. The third kappa shape index (κ3) is 4.46. The van der Waals surface area contributed by atoms with Crippen molar-refractivity contribution < 1.29 is 41.3 Å². The fourth-order valence-electron chi connectivity index (χ4n) is 3.42. The van der Waals surface area contributed by atoms with E-state index in [1.165, 1.54) is 37.3 Å². The summed E-state index contributed by atoms with van der Waals surface area (Å²) in [6, 6.07) is 7.90. The highest BCUT2D eigenvalue weighted by Crippen LogP contribution is 2.40. The Morgan fingerprint density at radius 1 is 1.09 bits per heavy atom. The predicted octanol–water partition coefficient (Wildman–Crippen LogP) is 4.58. The molecule has 0 N–H and O–H groups in total. The van der Waals surface area contributed by atoms with Crippen LogP contribution in [0, 0.1) is 0 Å². The van der Waals surface area contributed by atoms with Gasteiger partial charge in [-0.2, -0.15) is 13.2 Å². The number of hydrogen-bond donors (Lipinski definition) is 0. The Morgan fingerprint density at radius 3 is 2.52 bits per heavy atom. The Labute approximate surface area is 185 Å². The highest BCUT2D eigenvalue weighted by Gasteiger charge is 2.39. The molecule has 0 amide bonds. The second kappa shape index (κ2) is 8.68. The molecule has 0 saturated heterocycles. The van der Waals surface area contributed by atoms with E-state index in [4.69, 9.17) is 23.4 Å². The van der Waals surface area contributed by atoms with E-state index in [-0.39, 0.29) is 41.2 Å². The maximum atomic E-state index is 13.9. The van der Waals surface area contributed by atoms with Crippen LogP contribution in [0.4, 0.5) is 13.2 Å². The summed E-state index contributed by atoms with van der Waals surface area (Å²) in [5, 5.41) is -0.0796. The van der Waals surface area contributed by atoms with E-state index in [1.807, 2.05) is 0 Å². The molecule has 0 bridgehead atoms. The third-order valence-electron chi connectivity index (χ3n) is 4.88. The van der Waals surface area contributed by atoms with Crippen molar-refractivity contribution >= 4 is 16.9 Å². The van der Waals surface area contributed by atoms with Gasteiger partial charge in [-0.15, -0.1) is 0 Å². The Hall–Kier alpha value is -3.69. The van der Waals surface area contributed by atoms with Crippen molar-refractivity contribution in [2.75, 3.05) is 19.8 Å². The number of rotatable bonds is 5. The molecule has 0 aliphatic carbocycles. The molecule has 7 nitrogen and oxygen atoms in total. The first-order valence-corrected chi connectivity index (χ1v) is 10.1. The van der Waals surface area contributed by atoms with E-state index < -0.39 is 35.0 Å². The smallest absolute Gasteiger partial charge is 0.450 e. The number of ether oxygens (including phenoxy) is 4. The standard InChI is InChI=1S/C23H19F3O7/c1-3-29-22(28)12(2)32-14-5-6-15-17(11-14)33-21(23(24,25)26)19(20(15)27)13-4-7-16-18(10-13)31-9-8-30-16/h4-7,10-12H,3,8-9H2,1-2H3/t12-/m0/s1. The van der Waals surface area contributed by atoms with Crippen molar-refractivity contribution in [2.45, 2.75) is 26.1 Å². The van der Waals surface area contributed by atoms with Gasteiger partial charge in [0, 0.05) is 6.07 Å². The van der Waals surface area contributed by atoms with Gasteiger partial charge in [-0.1, -0.05) is 6.07 Å². The molecule has 1 aliphatic rings. The molecule has 1 atom stereocenters. The highest BCUT2D eigenvalue weighted by molar-refractivity contribution is 5.84. The fraction of sp³-hybridized carbons (Fsp3) is 0.304. The minimum Gasteiger partial charge on any atom is -0.486 e. The van der Waals surface area contributed by atoms with E-state index in [2.05, 4.69) is 0 Å². The molecule has 1 aromatic heterocycles. The second-order valence-electron chi connectivity index (χ2n) is 7.16. The molecular weight excluding hydrogens is 445 g/mol. The molecular formula is C23H19F3O7. The Morgan fingerprint density at radius 2 is 1.82 bits per heavy atom. The van der Waals surface area contributed by atoms with Gasteiger partial charge in [-0.25, -0.2) is 4.79 Å². The Bertz CT molecular complexity index is 1260. The number of alkyl halides is 3. The molecule has 2 heterocycles. The van der Waals surface area contributed by atoms with Crippen LogP contribution in [0.1, 0.15) is 19.6 Å². The largest absolute Gasteiger partial charge is 0.486 e. The predicted molar refractivity (Wildman–Crippen MR) is 111 cm³/mol. The summed E-state index contributed by atoms with van der Waals surface area (Å²) < 4.78 is 68.0. The average molecular weight is 464 g/mol. The van der Waals surface area contributed by atoms with Crippen LogP contribution in [0.2, 0.25) is 0 Å². The highest BCUT2D eigenvalue weighted by atomic mass is 19.4. The number of hydrogen-bond acceptors (Lipinski definition) is 7. The lowest BCUT2D eigenvalue weighted by Crippen LogP contribution is -2.26. The molecule has 0 fully saturated rings. The molecule has 10 heteroatoms. The molecule has 0 radical (unpaired) electrons. The first-order valence-electron chi connectivity index (χ1n) is 10.1. The fourth-order valence-corrected chi connectivity index (χ4v) is 3.42. The summed E-state index contributed by atoms with van der Waals surface area (Å²) in [6.07, 6.45) is -5.96. The first-order chi connectivity index (χ1) is 15.7. The van der Waals surface area contributed by atoms with Crippen LogP contribution in [0.25, 0.3) is 22.1 Å². The molecule has 0 spiro atoms. The quantitative estimate of drug-likeness (QED) is 0.511. The number of fused-ring (bicyclic) bond motifs is 2. The van der Waals surface area contributed by atoms with Crippen LogP contribution in [-0.4, -0.2) is 31.9 Å². The number of carbonyl (C=O) groups excluding carboxylic acids is 1. The van der Waals surface area contributed by atoms with E-state index in [1.54, 1.807) is 6.92 Å². The summed E-state index contributed by atoms with van der Waals surface area (Å²) in [5.74, 6) is -1.42. The lowest BCUT2D eigenvalue weighted by molar-refractivity contribution is -0.152.